The van der Waals surface area contributed by atoms with Crippen LogP contribution < -0.4 is 0 Å². The van der Waals surface area contributed by atoms with Crippen LogP contribution in [0.4, 0.5) is 4.39 Å². The van der Waals surface area contributed by atoms with Gasteiger partial charge >= 0.3 is 0 Å². The summed E-state index contributed by atoms with van der Waals surface area (Å²) < 4.78 is 39.5. The molecule has 7 heteroatoms. The Balaban J connectivity index is 2.42. The van der Waals surface area contributed by atoms with Gasteiger partial charge in [0.1, 0.15) is 11.9 Å². The lowest BCUT2D eigenvalue weighted by atomic mass is 10.2. The van der Waals surface area contributed by atoms with Crippen LogP contribution in [-0.2, 0) is 14.8 Å². The first-order chi connectivity index (χ1) is 9.25. The molecule has 0 spiro atoms. The van der Waals surface area contributed by atoms with Gasteiger partial charge in [-0.3, -0.25) is 4.79 Å². The van der Waals surface area contributed by atoms with Gasteiger partial charge in [-0.2, -0.15) is 4.31 Å². The number of nitrogens with zero attached hydrogens (tertiary/aromatic N) is 2. The van der Waals surface area contributed by atoms with Crippen molar-refractivity contribution in [2.75, 3.05) is 20.1 Å². The number of sulfonamides is 1. The molecule has 110 valence electrons. The van der Waals surface area contributed by atoms with Gasteiger partial charge in [-0.1, -0.05) is 0 Å². The van der Waals surface area contributed by atoms with E-state index in [2.05, 4.69) is 0 Å². The fourth-order valence-corrected chi connectivity index (χ4v) is 4.14. The van der Waals surface area contributed by atoms with Crippen LogP contribution in [0.15, 0.2) is 23.1 Å². The monoisotopic (exact) mass is 300 g/mol. The number of halogens is 1. The van der Waals surface area contributed by atoms with Crippen LogP contribution in [0.25, 0.3) is 0 Å². The summed E-state index contributed by atoms with van der Waals surface area (Å²) in [5.41, 5.74) is 0.337. The van der Waals surface area contributed by atoms with Crippen molar-refractivity contribution < 1.29 is 17.6 Å². The van der Waals surface area contributed by atoms with Crippen LogP contribution in [0.1, 0.15) is 12.5 Å². The number of carbonyl (C=O) groups is 1. The Bertz CT molecular complexity index is 645. The first kappa shape index (κ1) is 14.9. The number of aryl methyl sites for hydroxylation is 1. The second-order valence-corrected chi connectivity index (χ2v) is 6.82. The Morgan fingerprint density at radius 2 is 1.95 bits per heavy atom. The molecule has 1 aliphatic rings. The van der Waals surface area contributed by atoms with Crippen LogP contribution in [0.3, 0.4) is 0 Å². The number of carbonyl (C=O) groups excluding carboxylic acids is 1. The van der Waals surface area contributed by atoms with Crippen LogP contribution in [0, 0.1) is 12.7 Å². The first-order valence-corrected chi connectivity index (χ1v) is 7.72. The van der Waals surface area contributed by atoms with E-state index in [0.29, 0.717) is 12.1 Å². The average molecular weight is 300 g/mol. The molecule has 0 radical (unpaired) electrons. The van der Waals surface area contributed by atoms with Gasteiger partial charge in [0.25, 0.3) is 0 Å². The normalized spacial score (nSPS) is 21.3. The average Bonchev–Trinajstić information content (AvgIpc) is 2.35. The summed E-state index contributed by atoms with van der Waals surface area (Å²) in [4.78, 5) is 13.5. The van der Waals surface area contributed by atoms with Gasteiger partial charge in [0.05, 0.1) is 4.90 Å². The highest BCUT2D eigenvalue weighted by Crippen LogP contribution is 2.24. The van der Waals surface area contributed by atoms with E-state index in [-0.39, 0.29) is 17.3 Å². The summed E-state index contributed by atoms with van der Waals surface area (Å²) in [5, 5.41) is 0. The maximum atomic E-state index is 13.1. The number of piperazine rings is 1. The molecule has 1 aromatic carbocycles. The van der Waals surface area contributed by atoms with Crippen molar-refractivity contribution in [1.29, 1.82) is 0 Å². The topological polar surface area (TPSA) is 57.7 Å². The molecule has 5 nitrogen and oxygen atoms in total. The zero-order valence-electron chi connectivity index (χ0n) is 11.6. The molecule has 2 rings (SSSR count). The second-order valence-electron chi connectivity index (χ2n) is 4.96. The van der Waals surface area contributed by atoms with Crippen molar-refractivity contribution in [1.82, 2.24) is 9.21 Å². The molecule has 1 atom stereocenters. The summed E-state index contributed by atoms with van der Waals surface area (Å²) >= 11 is 0. The van der Waals surface area contributed by atoms with E-state index < -0.39 is 21.9 Å². The molecule has 1 aromatic rings. The number of rotatable bonds is 2. The molecule has 1 saturated heterocycles. The van der Waals surface area contributed by atoms with E-state index in [1.807, 2.05) is 0 Å². The third-order valence-corrected chi connectivity index (χ3v) is 5.68. The van der Waals surface area contributed by atoms with Crippen molar-refractivity contribution in [3.8, 4) is 0 Å². The van der Waals surface area contributed by atoms with E-state index in [0.717, 1.165) is 6.07 Å². The minimum Gasteiger partial charge on any atom is -0.343 e. The van der Waals surface area contributed by atoms with Gasteiger partial charge in [0.15, 0.2) is 0 Å². The van der Waals surface area contributed by atoms with E-state index >= 15 is 0 Å². The Morgan fingerprint density at radius 3 is 2.55 bits per heavy atom. The highest BCUT2D eigenvalue weighted by atomic mass is 32.2. The lowest BCUT2D eigenvalue weighted by Crippen LogP contribution is -2.56. The highest BCUT2D eigenvalue weighted by molar-refractivity contribution is 7.89. The summed E-state index contributed by atoms with van der Waals surface area (Å²) in [5.74, 6) is -0.719. The van der Waals surface area contributed by atoms with Crippen LogP contribution >= 0.6 is 0 Å². The number of hydrogen-bond donors (Lipinski definition) is 0. The highest BCUT2D eigenvalue weighted by Gasteiger charge is 2.38. The Morgan fingerprint density at radius 1 is 1.30 bits per heavy atom. The molecule has 0 aliphatic carbocycles. The number of hydrogen-bond acceptors (Lipinski definition) is 3. The lowest BCUT2D eigenvalue weighted by Gasteiger charge is -2.36. The number of amides is 1. The molecule has 1 amide bonds. The Kier molecular flexibility index (Phi) is 3.84. The molecular formula is C13H17FN2O3S. The molecule has 0 aromatic heterocycles. The van der Waals surface area contributed by atoms with Crippen molar-refractivity contribution in [2.24, 2.45) is 0 Å². The van der Waals surface area contributed by atoms with Gasteiger partial charge in [0, 0.05) is 20.1 Å². The quantitative estimate of drug-likeness (QED) is 0.818. The Hall–Kier alpha value is -1.47. The van der Waals surface area contributed by atoms with Crippen LogP contribution in [0.2, 0.25) is 0 Å². The largest absolute Gasteiger partial charge is 0.343 e. The molecule has 0 N–H and O–H groups in total. The Labute approximate surface area is 118 Å². The van der Waals surface area contributed by atoms with Gasteiger partial charge in [-0.05, 0) is 37.6 Å². The molecule has 1 fully saturated rings. The second kappa shape index (κ2) is 5.14. The SMILES string of the molecule is Cc1cc(F)ccc1S(=O)(=O)N1CCN(C)C(=O)C1C. The van der Waals surface area contributed by atoms with Gasteiger partial charge in [-0.15, -0.1) is 0 Å². The summed E-state index contributed by atoms with van der Waals surface area (Å²) in [6, 6.07) is 2.79. The molecule has 1 heterocycles. The van der Waals surface area contributed by atoms with E-state index in [1.54, 1.807) is 20.9 Å². The third-order valence-electron chi connectivity index (χ3n) is 3.55. The van der Waals surface area contributed by atoms with Crippen molar-refractivity contribution >= 4 is 15.9 Å². The van der Waals surface area contributed by atoms with Crippen molar-refractivity contribution in [3.63, 3.8) is 0 Å². The predicted octanol–water partition coefficient (Wildman–Crippen LogP) is 0.985. The van der Waals surface area contributed by atoms with Crippen LogP contribution in [-0.4, -0.2) is 49.7 Å². The zero-order chi connectivity index (χ0) is 15.1. The fourth-order valence-electron chi connectivity index (χ4n) is 2.35. The van der Waals surface area contributed by atoms with E-state index in [1.165, 1.54) is 21.3 Å². The van der Waals surface area contributed by atoms with E-state index in [4.69, 9.17) is 0 Å². The maximum Gasteiger partial charge on any atom is 0.244 e. The molecule has 1 unspecified atom stereocenters. The molecule has 20 heavy (non-hydrogen) atoms. The summed E-state index contributed by atoms with van der Waals surface area (Å²) in [6.45, 7) is 3.69. The fraction of sp³-hybridized carbons (Fsp3) is 0.462. The molecule has 0 saturated carbocycles. The summed E-state index contributed by atoms with van der Waals surface area (Å²) in [7, 11) is -2.15. The maximum absolute atomic E-state index is 13.1. The zero-order valence-corrected chi connectivity index (χ0v) is 12.4. The van der Waals surface area contributed by atoms with Gasteiger partial charge in [-0.25, -0.2) is 12.8 Å². The van der Waals surface area contributed by atoms with E-state index in [9.17, 15) is 17.6 Å². The number of benzene rings is 1. The first-order valence-electron chi connectivity index (χ1n) is 6.28. The van der Waals surface area contributed by atoms with Gasteiger partial charge < -0.3 is 4.90 Å². The van der Waals surface area contributed by atoms with Crippen LogP contribution in [0.5, 0.6) is 0 Å². The lowest BCUT2D eigenvalue weighted by molar-refractivity contribution is -0.136. The predicted molar refractivity (Wildman–Crippen MR) is 72.1 cm³/mol. The van der Waals surface area contributed by atoms with Crippen molar-refractivity contribution in [3.05, 3.63) is 29.6 Å². The third kappa shape index (κ3) is 2.43. The molecular weight excluding hydrogens is 283 g/mol. The minimum atomic E-state index is -3.80. The molecule has 1 aliphatic heterocycles. The standard InChI is InChI=1S/C13H17FN2O3S/c1-9-8-11(14)4-5-12(9)20(18,19)16-7-6-15(3)13(17)10(16)2/h4-5,8,10H,6-7H2,1-3H3. The molecule has 0 bridgehead atoms. The van der Waals surface area contributed by atoms with Gasteiger partial charge in [0.2, 0.25) is 15.9 Å². The summed E-state index contributed by atoms with van der Waals surface area (Å²) in [6.07, 6.45) is 0. The smallest absolute Gasteiger partial charge is 0.244 e. The number of likely N-dealkylation sites (N-methyl/N-ethyl adjacent to an activating group) is 1. The minimum absolute atomic E-state index is 0.0445. The van der Waals surface area contributed by atoms with Crippen molar-refractivity contribution in [2.45, 2.75) is 24.8 Å².